The molecule has 2 aromatic rings. The second-order valence-corrected chi connectivity index (χ2v) is 6.36. The topological polar surface area (TPSA) is 62.3 Å². The van der Waals surface area contributed by atoms with Crippen LogP contribution in [-0.4, -0.2) is 28.7 Å². The fraction of sp³-hybridized carbons (Fsp3) is 0.316. The third-order valence-electron chi connectivity index (χ3n) is 4.55. The van der Waals surface area contributed by atoms with Crippen LogP contribution in [0.1, 0.15) is 30.0 Å². The van der Waals surface area contributed by atoms with Crippen LogP contribution in [0.15, 0.2) is 42.6 Å². The van der Waals surface area contributed by atoms with Crippen molar-refractivity contribution in [1.82, 2.24) is 9.88 Å². The van der Waals surface area contributed by atoms with Crippen LogP contribution in [0.3, 0.4) is 0 Å². The van der Waals surface area contributed by atoms with Crippen LogP contribution >= 0.6 is 0 Å². The highest BCUT2D eigenvalue weighted by Gasteiger charge is 2.39. The molecule has 1 aliphatic heterocycles. The summed E-state index contributed by atoms with van der Waals surface area (Å²) in [6.45, 7) is 1.92. The Balaban J connectivity index is 1.89. The van der Waals surface area contributed by atoms with Crippen LogP contribution in [0.2, 0.25) is 0 Å². The summed E-state index contributed by atoms with van der Waals surface area (Å²) in [6.07, 6.45) is 2.34. The molecular weight excluding hydrogens is 321 g/mol. The molecule has 0 bridgehead atoms. The third-order valence-corrected chi connectivity index (χ3v) is 4.55. The fourth-order valence-corrected chi connectivity index (χ4v) is 3.28. The lowest BCUT2D eigenvalue weighted by Gasteiger charge is -2.38. The Morgan fingerprint density at radius 3 is 2.84 bits per heavy atom. The van der Waals surface area contributed by atoms with E-state index in [4.69, 9.17) is 0 Å². The first-order chi connectivity index (χ1) is 12.0. The molecule has 2 atom stereocenters. The average Bonchev–Trinajstić information content (AvgIpc) is 2.57. The molecule has 25 heavy (non-hydrogen) atoms. The van der Waals surface area contributed by atoms with Gasteiger partial charge in [0.25, 0.3) is 0 Å². The van der Waals surface area contributed by atoms with E-state index in [0.717, 1.165) is 5.56 Å². The number of carbonyl (C=O) groups is 2. The van der Waals surface area contributed by atoms with Gasteiger partial charge in [-0.25, -0.2) is 9.37 Å². The van der Waals surface area contributed by atoms with Crippen LogP contribution in [0.25, 0.3) is 0 Å². The molecule has 0 unspecified atom stereocenters. The Labute approximate surface area is 145 Å². The zero-order valence-electron chi connectivity index (χ0n) is 14.2. The minimum atomic E-state index is -0.498. The Kier molecular flexibility index (Phi) is 4.79. The van der Waals surface area contributed by atoms with E-state index >= 15 is 0 Å². The summed E-state index contributed by atoms with van der Waals surface area (Å²) in [5, 5.41) is 2.82. The molecule has 1 aromatic heterocycles. The molecule has 1 aliphatic rings. The lowest BCUT2D eigenvalue weighted by Crippen LogP contribution is -2.44. The van der Waals surface area contributed by atoms with Crippen LogP contribution in [0, 0.1) is 18.7 Å². The molecule has 130 valence electrons. The van der Waals surface area contributed by atoms with Gasteiger partial charge in [-0.2, -0.15) is 0 Å². The molecule has 2 heterocycles. The van der Waals surface area contributed by atoms with Gasteiger partial charge in [0.05, 0.1) is 12.0 Å². The standard InChI is InChI=1S/C19H20FN3O2/c1-12-8-9-21-16(10-12)22-19(25)15-6-7-17(24)23(2)18(15)13-4-3-5-14(20)11-13/h3-5,8-11,15,18H,6-7H2,1-2H3,(H,21,22,25)/t15-,18+/m0/s1. The number of piperidine rings is 1. The van der Waals surface area contributed by atoms with Gasteiger partial charge in [0.15, 0.2) is 0 Å². The summed E-state index contributed by atoms with van der Waals surface area (Å²) < 4.78 is 13.7. The van der Waals surface area contributed by atoms with Gasteiger partial charge >= 0.3 is 0 Å². The number of pyridine rings is 1. The van der Waals surface area contributed by atoms with Gasteiger partial charge in [-0.15, -0.1) is 0 Å². The zero-order valence-corrected chi connectivity index (χ0v) is 14.2. The lowest BCUT2D eigenvalue weighted by molar-refractivity contribution is -0.140. The van der Waals surface area contributed by atoms with Crippen LogP contribution in [0.4, 0.5) is 10.2 Å². The molecule has 1 saturated heterocycles. The van der Waals surface area contributed by atoms with Crippen molar-refractivity contribution in [2.75, 3.05) is 12.4 Å². The fourth-order valence-electron chi connectivity index (χ4n) is 3.28. The summed E-state index contributed by atoms with van der Waals surface area (Å²) in [6, 6.07) is 9.19. The number of likely N-dealkylation sites (tertiary alicyclic amines) is 1. The molecule has 2 amide bonds. The number of nitrogens with zero attached hydrogens (tertiary/aromatic N) is 2. The van der Waals surface area contributed by atoms with Crippen molar-refractivity contribution in [2.24, 2.45) is 5.92 Å². The second kappa shape index (κ2) is 7.01. The van der Waals surface area contributed by atoms with Crippen LogP contribution in [0.5, 0.6) is 0 Å². The smallest absolute Gasteiger partial charge is 0.231 e. The maximum atomic E-state index is 13.7. The number of hydrogen-bond acceptors (Lipinski definition) is 3. The van der Waals surface area contributed by atoms with Crippen molar-refractivity contribution < 1.29 is 14.0 Å². The van der Waals surface area contributed by atoms with Crippen LogP contribution < -0.4 is 5.32 Å². The van der Waals surface area contributed by atoms with Crippen molar-refractivity contribution in [1.29, 1.82) is 0 Å². The average molecular weight is 341 g/mol. The number of benzene rings is 1. The van der Waals surface area contributed by atoms with Crippen molar-refractivity contribution in [2.45, 2.75) is 25.8 Å². The van der Waals surface area contributed by atoms with Gasteiger partial charge < -0.3 is 10.2 Å². The molecule has 5 nitrogen and oxygen atoms in total. The number of hydrogen-bond donors (Lipinski definition) is 1. The van der Waals surface area contributed by atoms with Crippen molar-refractivity contribution in [3.05, 3.63) is 59.5 Å². The minimum absolute atomic E-state index is 0.0491. The molecule has 6 heteroatoms. The number of nitrogens with one attached hydrogen (secondary N) is 1. The largest absolute Gasteiger partial charge is 0.338 e. The highest BCUT2D eigenvalue weighted by atomic mass is 19.1. The van der Waals surface area contributed by atoms with Crippen LogP contribution in [-0.2, 0) is 9.59 Å². The number of aromatic nitrogens is 1. The predicted octanol–water partition coefficient (Wildman–Crippen LogP) is 3.08. The van der Waals surface area contributed by atoms with E-state index in [0.29, 0.717) is 24.2 Å². The predicted molar refractivity (Wildman–Crippen MR) is 92.2 cm³/mol. The molecule has 0 radical (unpaired) electrons. The monoisotopic (exact) mass is 341 g/mol. The highest BCUT2D eigenvalue weighted by molar-refractivity contribution is 5.94. The van der Waals surface area contributed by atoms with E-state index in [9.17, 15) is 14.0 Å². The summed E-state index contributed by atoms with van der Waals surface area (Å²) in [4.78, 5) is 30.6. The Morgan fingerprint density at radius 2 is 2.12 bits per heavy atom. The molecule has 1 aromatic carbocycles. The Bertz CT molecular complexity index is 809. The molecule has 0 aliphatic carbocycles. The highest BCUT2D eigenvalue weighted by Crippen LogP contribution is 2.36. The van der Waals surface area contributed by atoms with Crippen molar-refractivity contribution >= 4 is 17.6 Å². The molecule has 1 N–H and O–H groups in total. The van der Waals surface area contributed by atoms with E-state index in [1.165, 1.54) is 17.0 Å². The number of aryl methyl sites for hydroxylation is 1. The Hall–Kier alpha value is -2.76. The molecular formula is C19H20FN3O2. The number of carbonyl (C=O) groups excluding carboxylic acids is 2. The first kappa shape index (κ1) is 17.1. The first-order valence-electron chi connectivity index (χ1n) is 8.20. The van der Waals surface area contributed by atoms with E-state index in [-0.39, 0.29) is 17.6 Å². The minimum Gasteiger partial charge on any atom is -0.338 e. The van der Waals surface area contributed by atoms with E-state index in [2.05, 4.69) is 10.3 Å². The molecule has 0 saturated carbocycles. The summed E-state index contributed by atoms with van der Waals surface area (Å²) in [5.74, 6) is -0.642. The maximum absolute atomic E-state index is 13.7. The third kappa shape index (κ3) is 3.68. The van der Waals surface area contributed by atoms with Crippen molar-refractivity contribution in [3.8, 4) is 0 Å². The van der Waals surface area contributed by atoms with Gasteiger partial charge in [0.2, 0.25) is 11.8 Å². The summed E-state index contributed by atoms with van der Waals surface area (Å²) in [5.41, 5.74) is 1.61. The Morgan fingerprint density at radius 1 is 1.32 bits per heavy atom. The first-order valence-corrected chi connectivity index (χ1v) is 8.20. The van der Waals surface area contributed by atoms with Gasteiger partial charge in [-0.3, -0.25) is 9.59 Å². The lowest BCUT2D eigenvalue weighted by atomic mass is 9.84. The van der Waals surface area contributed by atoms with E-state index in [1.54, 1.807) is 31.4 Å². The van der Waals surface area contributed by atoms with E-state index < -0.39 is 12.0 Å². The van der Waals surface area contributed by atoms with Crippen molar-refractivity contribution in [3.63, 3.8) is 0 Å². The normalized spacial score (nSPS) is 20.4. The number of amides is 2. The maximum Gasteiger partial charge on any atom is 0.231 e. The quantitative estimate of drug-likeness (QED) is 0.933. The molecule has 0 spiro atoms. The van der Waals surface area contributed by atoms with Gasteiger partial charge in [-0.05, 0) is 48.7 Å². The SMILES string of the molecule is Cc1ccnc(NC(=O)[C@H]2CCC(=O)N(C)[C@@H]2c2cccc(F)c2)c1. The number of rotatable bonds is 3. The second-order valence-electron chi connectivity index (χ2n) is 6.36. The summed E-state index contributed by atoms with van der Waals surface area (Å²) >= 11 is 0. The van der Waals surface area contributed by atoms with E-state index in [1.807, 2.05) is 13.0 Å². The molecule has 3 rings (SSSR count). The number of anilines is 1. The van der Waals surface area contributed by atoms with Gasteiger partial charge in [0, 0.05) is 19.7 Å². The summed E-state index contributed by atoms with van der Waals surface area (Å²) in [7, 11) is 1.66. The zero-order chi connectivity index (χ0) is 18.0. The van der Waals surface area contributed by atoms with Gasteiger partial charge in [0.1, 0.15) is 11.6 Å². The van der Waals surface area contributed by atoms with Gasteiger partial charge in [-0.1, -0.05) is 12.1 Å². The molecule has 1 fully saturated rings. The number of halogens is 1.